The molecular formula is C36H56ClN6O6Pd-. The molecule has 4 fully saturated rings. The Bertz CT molecular complexity index is 1350. The van der Waals surface area contributed by atoms with Crippen molar-refractivity contribution >= 4 is 47.0 Å². The fraction of sp³-hybridized carbons (Fsp3) is 0.583. The molecule has 2 aromatic carbocycles. The van der Waals surface area contributed by atoms with Gasteiger partial charge in [-0.2, -0.15) is 0 Å². The maximum atomic E-state index is 12.4. The average molecular weight is 811 g/mol. The fourth-order valence-corrected chi connectivity index (χ4v) is 6.53. The molecule has 0 saturated carbocycles. The molecule has 4 aliphatic heterocycles. The second-order valence-corrected chi connectivity index (χ2v) is 12.4. The van der Waals surface area contributed by atoms with E-state index < -0.39 is 0 Å². The van der Waals surface area contributed by atoms with Gasteiger partial charge in [-0.15, -0.1) is 12.4 Å². The molecule has 284 valence electrons. The number of nitro groups is 1. The zero-order valence-corrected chi connectivity index (χ0v) is 31.0. The van der Waals surface area contributed by atoms with Crippen molar-refractivity contribution < 1.29 is 44.4 Å². The first kappa shape index (κ1) is 45.1. The van der Waals surface area contributed by atoms with Crippen molar-refractivity contribution in [2.45, 2.75) is 58.8 Å². The zero-order valence-electron chi connectivity index (χ0n) is 28.6. The van der Waals surface area contributed by atoms with Gasteiger partial charge in [0.25, 0.3) is 5.69 Å². The number of hydrogen-bond acceptors (Lipinski definition) is 9. The minimum Gasteiger partial charge on any atom is -0.397 e. The molecule has 14 heteroatoms. The molecule has 0 aromatic heterocycles. The first-order valence-corrected chi connectivity index (χ1v) is 16.8. The van der Waals surface area contributed by atoms with E-state index >= 15 is 0 Å². The Morgan fingerprint density at radius 1 is 0.680 bits per heavy atom. The number of nitrogens with zero attached hydrogens (tertiary/aromatic N) is 5. The molecule has 0 aliphatic carbocycles. The minimum absolute atomic E-state index is 0. The molecule has 2 N–H and O–H groups in total. The summed E-state index contributed by atoms with van der Waals surface area (Å²) in [5.41, 5.74) is 10.7. The number of anilines is 3. The number of ether oxygens (including phenoxy) is 2. The van der Waals surface area contributed by atoms with Gasteiger partial charge in [-0.3, -0.25) is 19.7 Å². The van der Waals surface area contributed by atoms with Gasteiger partial charge in [-0.1, -0.05) is 19.6 Å². The number of nitro benzene ring substituents is 1. The Morgan fingerprint density at radius 2 is 1.08 bits per heavy atom. The van der Waals surface area contributed by atoms with Crippen molar-refractivity contribution in [2.24, 2.45) is 0 Å². The van der Waals surface area contributed by atoms with Gasteiger partial charge < -0.3 is 42.2 Å². The molecule has 2 amide bonds. The third-order valence-corrected chi connectivity index (χ3v) is 9.16. The number of nitrogen functional groups attached to an aromatic ring is 1. The van der Waals surface area contributed by atoms with Crippen LogP contribution in [0.1, 0.15) is 57.1 Å². The summed E-state index contributed by atoms with van der Waals surface area (Å²) in [6.45, 7) is 8.86. The number of piperidine rings is 2. The van der Waals surface area contributed by atoms with E-state index in [-0.39, 0.29) is 76.5 Å². The summed E-state index contributed by atoms with van der Waals surface area (Å²) >= 11 is 0. The van der Waals surface area contributed by atoms with Gasteiger partial charge in [0.2, 0.25) is 11.8 Å². The van der Waals surface area contributed by atoms with E-state index in [0.717, 1.165) is 61.5 Å². The van der Waals surface area contributed by atoms with Crippen LogP contribution in [-0.2, 0) is 52.3 Å². The van der Waals surface area contributed by atoms with Gasteiger partial charge in [-0.05, 0) is 67.9 Å². The fourth-order valence-electron chi connectivity index (χ4n) is 6.53. The smallest absolute Gasteiger partial charge is 0.292 e. The monoisotopic (exact) mass is 809 g/mol. The Labute approximate surface area is 318 Å². The molecule has 4 saturated heterocycles. The van der Waals surface area contributed by atoms with Gasteiger partial charge in [0.05, 0.1) is 55.6 Å². The standard InChI is InChI=1S/C17H23N3O4.C17H25N3O2.CH4.CH3.ClH.Pd/c21-17(19-8-10-24-11-9-19)13-14-4-5-15(20(22)23)16(12-14)18-6-2-1-3-7-18;18-15-5-4-14(12-16(15)19-6-2-1-3-7-19)13-17(21)20-8-10-22-11-9-20;;;;/h4-5,12H,1-3,6-11,13H2;4-5,12H,1-3,6-11,13,18H2;1H4;1H3;1H;/q;;;-1;;. The number of halogens is 1. The van der Waals surface area contributed by atoms with Gasteiger partial charge in [0, 0.05) is 78.8 Å². The number of rotatable bonds is 7. The molecule has 12 nitrogen and oxygen atoms in total. The van der Waals surface area contributed by atoms with Crippen LogP contribution in [0.15, 0.2) is 36.4 Å². The Balaban J connectivity index is 0.000000464. The predicted octanol–water partition coefficient (Wildman–Crippen LogP) is 5.15. The molecule has 4 heterocycles. The topological polar surface area (TPSA) is 135 Å². The van der Waals surface area contributed by atoms with E-state index in [2.05, 4.69) is 15.9 Å². The summed E-state index contributed by atoms with van der Waals surface area (Å²) in [6.07, 6.45) is 7.72. The molecule has 0 bridgehead atoms. The van der Waals surface area contributed by atoms with Crippen LogP contribution in [0, 0.1) is 17.5 Å². The summed E-state index contributed by atoms with van der Waals surface area (Å²) in [5, 5.41) is 11.3. The van der Waals surface area contributed by atoms with Crippen LogP contribution in [0.5, 0.6) is 0 Å². The molecule has 0 unspecified atom stereocenters. The average Bonchev–Trinajstić information content (AvgIpc) is 3.10. The largest absolute Gasteiger partial charge is 0.397 e. The Morgan fingerprint density at radius 3 is 1.52 bits per heavy atom. The maximum absolute atomic E-state index is 12.4. The molecule has 0 radical (unpaired) electrons. The molecule has 6 rings (SSSR count). The number of carbonyl (C=O) groups is 2. The molecular weight excluding hydrogens is 754 g/mol. The molecule has 0 spiro atoms. The molecule has 50 heavy (non-hydrogen) atoms. The van der Waals surface area contributed by atoms with Crippen LogP contribution < -0.4 is 15.5 Å². The first-order chi connectivity index (χ1) is 22.4. The first-order valence-electron chi connectivity index (χ1n) is 16.8. The van der Waals surface area contributed by atoms with E-state index in [1.807, 2.05) is 23.1 Å². The summed E-state index contributed by atoms with van der Waals surface area (Å²) < 4.78 is 10.6. The van der Waals surface area contributed by atoms with Crippen molar-refractivity contribution in [1.82, 2.24) is 9.80 Å². The number of nitrogens with two attached hydrogens (primary N) is 1. The van der Waals surface area contributed by atoms with E-state index in [1.54, 1.807) is 11.0 Å². The molecule has 4 aliphatic rings. The second-order valence-electron chi connectivity index (χ2n) is 12.4. The van der Waals surface area contributed by atoms with Gasteiger partial charge >= 0.3 is 0 Å². The summed E-state index contributed by atoms with van der Waals surface area (Å²) in [5.74, 6) is 0.231. The number of carbonyl (C=O) groups excluding carboxylic acids is 2. The maximum Gasteiger partial charge on any atom is 0.292 e. The van der Waals surface area contributed by atoms with Gasteiger partial charge in [-0.25, -0.2) is 0 Å². The SMILES string of the molecule is C.Cl.Nc1ccc(CC(=O)N2CCOCC2)cc1N1CCCCC1.O=C(Cc1ccc([N+](=O)[O-])c(N2CCCCC2)c1)N1CCOCC1.[CH3-].[Pd]. The zero-order chi connectivity index (χ0) is 32.3. The predicted molar refractivity (Wildman–Crippen MR) is 199 cm³/mol. The molecule has 0 atom stereocenters. The van der Waals surface area contributed by atoms with Crippen molar-refractivity contribution in [3.8, 4) is 0 Å². The Hall–Kier alpha value is -2.95. The van der Waals surface area contributed by atoms with Gasteiger partial charge in [0.1, 0.15) is 5.69 Å². The van der Waals surface area contributed by atoms with Crippen LogP contribution in [0.2, 0.25) is 0 Å². The van der Waals surface area contributed by atoms with E-state index in [4.69, 9.17) is 15.2 Å². The van der Waals surface area contributed by atoms with E-state index in [9.17, 15) is 19.7 Å². The van der Waals surface area contributed by atoms with Crippen LogP contribution in [-0.4, -0.2) is 105 Å². The third kappa shape index (κ3) is 12.7. The van der Waals surface area contributed by atoms with Crippen LogP contribution in [0.25, 0.3) is 0 Å². The van der Waals surface area contributed by atoms with Crippen molar-refractivity contribution in [3.05, 3.63) is 65.1 Å². The van der Waals surface area contributed by atoms with Crippen LogP contribution in [0.3, 0.4) is 0 Å². The number of amides is 2. The van der Waals surface area contributed by atoms with E-state index in [1.165, 1.54) is 31.7 Å². The van der Waals surface area contributed by atoms with Crippen LogP contribution >= 0.6 is 12.4 Å². The third-order valence-electron chi connectivity index (χ3n) is 9.16. The van der Waals surface area contributed by atoms with E-state index in [0.29, 0.717) is 64.7 Å². The number of morpholine rings is 2. The normalized spacial score (nSPS) is 17.4. The summed E-state index contributed by atoms with van der Waals surface area (Å²) in [4.78, 5) is 43.9. The van der Waals surface area contributed by atoms with Crippen molar-refractivity contribution in [3.63, 3.8) is 0 Å². The minimum atomic E-state index is -0.336. The quantitative estimate of drug-likeness (QED) is 0.133. The van der Waals surface area contributed by atoms with Crippen molar-refractivity contribution in [2.75, 3.05) is 94.3 Å². The Kier molecular flexibility index (Phi) is 20.5. The van der Waals surface area contributed by atoms with Crippen LogP contribution in [0.4, 0.5) is 22.7 Å². The van der Waals surface area contributed by atoms with Crippen molar-refractivity contribution in [1.29, 1.82) is 0 Å². The summed E-state index contributed by atoms with van der Waals surface area (Å²) in [7, 11) is 0. The summed E-state index contributed by atoms with van der Waals surface area (Å²) in [6, 6.07) is 11.1. The second kappa shape index (κ2) is 22.8. The molecule has 2 aromatic rings. The number of benzene rings is 2. The van der Waals surface area contributed by atoms with Gasteiger partial charge in [0.15, 0.2) is 0 Å². The number of hydrogen-bond donors (Lipinski definition) is 1.